The molecule has 0 spiro atoms. The number of benzene rings is 1. The summed E-state index contributed by atoms with van der Waals surface area (Å²) in [6, 6.07) is 5.85. The molecule has 2 aliphatic carbocycles. The lowest BCUT2D eigenvalue weighted by atomic mass is 9.89. The van der Waals surface area contributed by atoms with Crippen LogP contribution in [0.25, 0.3) is 10.2 Å². The van der Waals surface area contributed by atoms with Crippen molar-refractivity contribution in [2.45, 2.75) is 56.4 Å². The molecule has 0 aliphatic heterocycles. The minimum absolute atomic E-state index is 0.0305. The van der Waals surface area contributed by atoms with Crippen molar-refractivity contribution in [1.29, 1.82) is 0 Å². The van der Waals surface area contributed by atoms with Gasteiger partial charge >= 0.3 is 0 Å². The summed E-state index contributed by atoms with van der Waals surface area (Å²) in [5, 5.41) is 5.26. The van der Waals surface area contributed by atoms with Crippen LogP contribution >= 0.6 is 23.1 Å². The number of carbonyl (C=O) groups is 1. The highest BCUT2D eigenvalue weighted by Crippen LogP contribution is 2.44. The van der Waals surface area contributed by atoms with Gasteiger partial charge in [0.05, 0.1) is 20.0 Å². The smallest absolute Gasteiger partial charge is 0.230 e. The molecule has 5 rings (SSSR count). The largest absolute Gasteiger partial charge is 0.493 e. The lowest BCUT2D eigenvalue weighted by Gasteiger charge is -2.18. The topological polar surface area (TPSA) is 73.3 Å². The number of amides is 1. The van der Waals surface area contributed by atoms with Crippen molar-refractivity contribution in [1.82, 2.24) is 15.3 Å². The number of hydrogen-bond acceptors (Lipinski definition) is 7. The minimum Gasteiger partial charge on any atom is -0.493 e. The van der Waals surface area contributed by atoms with Crippen LogP contribution in [0.4, 0.5) is 0 Å². The van der Waals surface area contributed by atoms with Crippen LogP contribution in [-0.2, 0) is 24.1 Å². The van der Waals surface area contributed by atoms with Crippen LogP contribution in [0.2, 0.25) is 0 Å². The summed E-state index contributed by atoms with van der Waals surface area (Å²) in [5.41, 5.74) is 2.52. The first-order valence-corrected chi connectivity index (χ1v) is 13.8. The Morgan fingerprint density at radius 1 is 1.18 bits per heavy atom. The van der Waals surface area contributed by atoms with E-state index in [0.717, 1.165) is 46.4 Å². The molecule has 1 saturated carbocycles. The molecule has 0 radical (unpaired) electrons. The van der Waals surface area contributed by atoms with Crippen LogP contribution in [0.5, 0.6) is 11.5 Å². The number of ether oxygens (including phenoxy) is 2. The number of fused-ring (bicyclic) bond motifs is 3. The van der Waals surface area contributed by atoms with Crippen molar-refractivity contribution < 1.29 is 14.3 Å². The van der Waals surface area contributed by atoms with Crippen molar-refractivity contribution in [3.63, 3.8) is 0 Å². The lowest BCUT2D eigenvalue weighted by molar-refractivity contribution is -0.118. The van der Waals surface area contributed by atoms with E-state index in [1.165, 1.54) is 35.1 Å². The van der Waals surface area contributed by atoms with E-state index in [-0.39, 0.29) is 5.91 Å². The van der Waals surface area contributed by atoms with Crippen molar-refractivity contribution in [3.05, 3.63) is 40.0 Å². The molecule has 1 amide bonds. The van der Waals surface area contributed by atoms with Crippen molar-refractivity contribution in [3.8, 4) is 11.5 Å². The number of nitrogens with zero attached hydrogens (tertiary/aromatic N) is 2. The number of thiophene rings is 1. The normalized spacial score (nSPS) is 17.4. The average molecular weight is 498 g/mol. The third-order valence-corrected chi connectivity index (χ3v) is 8.73. The van der Waals surface area contributed by atoms with E-state index in [1.54, 1.807) is 26.0 Å². The van der Waals surface area contributed by atoms with E-state index in [0.29, 0.717) is 29.7 Å². The SMILES string of the molecule is COc1ccc(CCNC(=O)CSc2nc(C3CC3)nc3sc4c(c23)CCC(C)C4)cc1OC. The van der Waals surface area contributed by atoms with Gasteiger partial charge in [0.25, 0.3) is 0 Å². The molecule has 1 aromatic carbocycles. The first-order valence-electron chi connectivity index (χ1n) is 12.0. The fourth-order valence-electron chi connectivity index (χ4n) is 4.52. The summed E-state index contributed by atoms with van der Waals surface area (Å²) in [6.45, 7) is 2.91. The lowest BCUT2D eigenvalue weighted by Crippen LogP contribution is -2.27. The van der Waals surface area contributed by atoms with Crippen LogP contribution in [0.3, 0.4) is 0 Å². The minimum atomic E-state index is 0.0305. The van der Waals surface area contributed by atoms with Gasteiger partial charge in [-0.1, -0.05) is 24.8 Å². The number of thioether (sulfide) groups is 1. The molecule has 2 aliphatic rings. The van der Waals surface area contributed by atoms with Gasteiger partial charge in [0.2, 0.25) is 5.91 Å². The van der Waals surface area contributed by atoms with Gasteiger partial charge in [0.15, 0.2) is 11.5 Å². The van der Waals surface area contributed by atoms with Gasteiger partial charge in [-0.3, -0.25) is 4.79 Å². The molecule has 0 saturated heterocycles. The first-order chi connectivity index (χ1) is 16.6. The number of aromatic nitrogens is 2. The summed E-state index contributed by atoms with van der Waals surface area (Å²) in [5.74, 6) is 4.00. The Morgan fingerprint density at radius 2 is 2.00 bits per heavy atom. The van der Waals surface area contributed by atoms with Crippen LogP contribution in [0, 0.1) is 5.92 Å². The Labute approximate surface area is 208 Å². The van der Waals surface area contributed by atoms with Gasteiger partial charge in [0.1, 0.15) is 15.7 Å². The third kappa shape index (κ3) is 5.03. The molecule has 8 heteroatoms. The standard InChI is InChI=1S/C26H31N3O3S2/c1-15-4-8-18-21(12-15)34-26-23(18)25(28-24(29-26)17-6-7-17)33-14-22(30)27-11-10-16-5-9-19(31-2)20(13-16)32-3/h5,9,13,15,17H,4,6-8,10-12,14H2,1-3H3,(H,27,30). The molecule has 2 aromatic heterocycles. The van der Waals surface area contributed by atoms with Gasteiger partial charge < -0.3 is 14.8 Å². The van der Waals surface area contributed by atoms with E-state index < -0.39 is 0 Å². The maximum atomic E-state index is 12.6. The second-order valence-corrected chi connectivity index (χ2v) is 11.3. The number of carbonyl (C=O) groups excluding carboxylic acids is 1. The van der Waals surface area contributed by atoms with E-state index in [9.17, 15) is 4.79 Å². The summed E-state index contributed by atoms with van der Waals surface area (Å²) in [7, 11) is 3.26. The highest BCUT2D eigenvalue weighted by Gasteiger charge is 2.30. The highest BCUT2D eigenvalue weighted by molar-refractivity contribution is 8.00. The van der Waals surface area contributed by atoms with Crippen molar-refractivity contribution in [2.75, 3.05) is 26.5 Å². The van der Waals surface area contributed by atoms with Crippen LogP contribution < -0.4 is 14.8 Å². The Bertz CT molecular complexity index is 1210. The van der Waals surface area contributed by atoms with E-state index >= 15 is 0 Å². The molecule has 180 valence electrons. The monoisotopic (exact) mass is 497 g/mol. The van der Waals surface area contributed by atoms with Crippen LogP contribution in [0.15, 0.2) is 23.2 Å². The Hall–Kier alpha value is -2.32. The molecule has 6 nitrogen and oxygen atoms in total. The van der Waals surface area contributed by atoms with Gasteiger partial charge in [0, 0.05) is 22.7 Å². The number of hydrogen-bond donors (Lipinski definition) is 1. The maximum absolute atomic E-state index is 12.6. The fraction of sp³-hybridized carbons (Fsp3) is 0.500. The second kappa shape index (κ2) is 10.1. The molecular formula is C26H31N3O3S2. The number of aryl methyl sites for hydroxylation is 1. The zero-order valence-corrected chi connectivity index (χ0v) is 21.6. The van der Waals surface area contributed by atoms with E-state index in [2.05, 4.69) is 12.2 Å². The van der Waals surface area contributed by atoms with Crippen LogP contribution in [-0.4, -0.2) is 42.4 Å². The Morgan fingerprint density at radius 3 is 2.76 bits per heavy atom. The quantitative estimate of drug-likeness (QED) is 0.325. The van der Waals surface area contributed by atoms with Crippen LogP contribution in [0.1, 0.15) is 53.9 Å². The van der Waals surface area contributed by atoms with Gasteiger partial charge in [-0.05, 0) is 67.7 Å². The molecule has 1 unspecified atom stereocenters. The molecule has 1 fully saturated rings. The summed E-state index contributed by atoms with van der Waals surface area (Å²) in [4.78, 5) is 25.1. The molecule has 1 atom stereocenters. The van der Waals surface area contributed by atoms with E-state index in [4.69, 9.17) is 19.4 Å². The molecular weight excluding hydrogens is 466 g/mol. The predicted octanol–water partition coefficient (Wildman–Crippen LogP) is 5.16. The highest BCUT2D eigenvalue weighted by atomic mass is 32.2. The maximum Gasteiger partial charge on any atom is 0.230 e. The molecule has 2 heterocycles. The molecule has 0 bridgehead atoms. The summed E-state index contributed by atoms with van der Waals surface area (Å²) in [6.07, 6.45) is 6.52. The molecule has 34 heavy (non-hydrogen) atoms. The predicted molar refractivity (Wildman–Crippen MR) is 138 cm³/mol. The van der Waals surface area contributed by atoms with Gasteiger partial charge in [-0.25, -0.2) is 9.97 Å². The zero-order valence-electron chi connectivity index (χ0n) is 20.0. The number of methoxy groups -OCH3 is 2. The second-order valence-electron chi connectivity index (χ2n) is 9.27. The number of rotatable bonds is 9. The van der Waals surface area contributed by atoms with Gasteiger partial charge in [-0.15, -0.1) is 11.3 Å². The number of nitrogens with one attached hydrogen (secondary N) is 1. The summed E-state index contributed by atoms with van der Waals surface area (Å²) >= 11 is 3.40. The summed E-state index contributed by atoms with van der Waals surface area (Å²) < 4.78 is 10.7. The third-order valence-electron chi connectivity index (χ3n) is 6.61. The zero-order chi connectivity index (χ0) is 23.7. The molecule has 1 N–H and O–H groups in total. The Balaban J connectivity index is 1.24. The van der Waals surface area contributed by atoms with Crippen molar-refractivity contribution >= 4 is 39.2 Å². The fourth-order valence-corrected chi connectivity index (χ4v) is 6.87. The van der Waals surface area contributed by atoms with Crippen molar-refractivity contribution in [2.24, 2.45) is 5.92 Å². The molecule has 3 aromatic rings. The van der Waals surface area contributed by atoms with E-state index in [1.807, 2.05) is 29.5 Å². The van der Waals surface area contributed by atoms with Gasteiger partial charge in [-0.2, -0.15) is 0 Å². The first kappa shape index (κ1) is 23.4. The Kier molecular flexibility index (Phi) is 6.97. The average Bonchev–Trinajstić information content (AvgIpc) is 3.63.